The monoisotopic (exact) mass is 374 g/mol. The van der Waals surface area contributed by atoms with Crippen molar-refractivity contribution in [1.29, 1.82) is 0 Å². The average molecular weight is 374 g/mol. The molecule has 0 aliphatic rings. The van der Waals surface area contributed by atoms with E-state index in [1.54, 1.807) is 41.3 Å². The highest BCUT2D eigenvalue weighted by atomic mass is 19.1. The third kappa shape index (κ3) is 4.01. The Morgan fingerprint density at radius 1 is 0.893 bits per heavy atom. The van der Waals surface area contributed by atoms with Crippen molar-refractivity contribution >= 4 is 23.1 Å². The van der Waals surface area contributed by atoms with Crippen molar-refractivity contribution in [3.8, 4) is 5.82 Å². The highest BCUT2D eigenvalue weighted by molar-refractivity contribution is 6.04. The number of nitrogens with zero attached hydrogens (tertiary/aromatic N) is 4. The van der Waals surface area contributed by atoms with Crippen molar-refractivity contribution in [2.45, 2.75) is 0 Å². The van der Waals surface area contributed by atoms with Gasteiger partial charge in [0.05, 0.1) is 0 Å². The molecule has 0 fully saturated rings. The van der Waals surface area contributed by atoms with Gasteiger partial charge in [-0.05, 0) is 66.7 Å². The third-order valence-corrected chi connectivity index (χ3v) is 3.91. The van der Waals surface area contributed by atoms with Gasteiger partial charge in [0.15, 0.2) is 11.6 Å². The second-order valence-electron chi connectivity index (χ2n) is 5.89. The molecule has 2 heterocycles. The van der Waals surface area contributed by atoms with Crippen LogP contribution in [0.4, 0.5) is 21.6 Å². The molecule has 2 aromatic heterocycles. The summed E-state index contributed by atoms with van der Waals surface area (Å²) in [6.07, 6.45) is 3.46. The number of halogens is 1. The molecule has 4 rings (SSSR count). The molecule has 0 aliphatic carbocycles. The van der Waals surface area contributed by atoms with Gasteiger partial charge in [0.1, 0.15) is 5.82 Å². The number of anilines is 3. The minimum atomic E-state index is -0.382. The molecular weight excluding hydrogens is 359 g/mol. The molecule has 4 aromatic rings. The first-order chi connectivity index (χ1) is 13.7. The largest absolute Gasteiger partial charge is 0.339 e. The van der Waals surface area contributed by atoms with Gasteiger partial charge < -0.3 is 10.6 Å². The Balaban J connectivity index is 1.39. The molecule has 1 amide bonds. The van der Waals surface area contributed by atoms with Crippen LogP contribution in [0.3, 0.4) is 0 Å². The summed E-state index contributed by atoms with van der Waals surface area (Å²) in [6.45, 7) is 0. The maximum atomic E-state index is 12.9. The second-order valence-corrected chi connectivity index (χ2v) is 5.89. The van der Waals surface area contributed by atoms with Crippen LogP contribution in [0, 0.1) is 5.82 Å². The zero-order chi connectivity index (χ0) is 19.3. The van der Waals surface area contributed by atoms with Crippen molar-refractivity contribution in [3.63, 3.8) is 0 Å². The van der Waals surface area contributed by atoms with Gasteiger partial charge in [-0.3, -0.25) is 4.79 Å². The van der Waals surface area contributed by atoms with Gasteiger partial charge in [-0.15, -0.1) is 10.2 Å². The molecule has 0 unspecified atom stereocenters. The van der Waals surface area contributed by atoms with Crippen LogP contribution >= 0.6 is 0 Å². The van der Waals surface area contributed by atoms with Crippen LogP contribution < -0.4 is 10.6 Å². The lowest BCUT2D eigenvalue weighted by molar-refractivity contribution is 0.102. The van der Waals surface area contributed by atoms with Gasteiger partial charge in [-0.25, -0.2) is 9.07 Å². The third-order valence-electron chi connectivity index (χ3n) is 3.91. The highest BCUT2D eigenvalue weighted by Crippen LogP contribution is 2.18. The molecule has 0 bridgehead atoms. The van der Waals surface area contributed by atoms with E-state index in [4.69, 9.17) is 0 Å². The maximum Gasteiger partial charge on any atom is 0.255 e. The van der Waals surface area contributed by atoms with E-state index in [0.717, 1.165) is 5.69 Å². The van der Waals surface area contributed by atoms with Crippen LogP contribution in [0.2, 0.25) is 0 Å². The second kappa shape index (κ2) is 7.67. The van der Waals surface area contributed by atoms with Gasteiger partial charge in [0, 0.05) is 29.3 Å². The van der Waals surface area contributed by atoms with Gasteiger partial charge in [0.25, 0.3) is 5.91 Å². The number of rotatable bonds is 5. The molecular formula is C20H15FN6O. The summed E-state index contributed by atoms with van der Waals surface area (Å²) in [5.74, 6) is 0.516. The fourth-order valence-electron chi connectivity index (χ4n) is 2.51. The van der Waals surface area contributed by atoms with Crippen molar-refractivity contribution in [1.82, 2.24) is 20.0 Å². The van der Waals surface area contributed by atoms with Crippen molar-refractivity contribution in [2.75, 3.05) is 10.6 Å². The van der Waals surface area contributed by atoms with Gasteiger partial charge in [-0.1, -0.05) is 0 Å². The van der Waals surface area contributed by atoms with Gasteiger partial charge in [0.2, 0.25) is 0 Å². The number of carbonyl (C=O) groups excluding carboxylic acids is 1. The summed E-state index contributed by atoms with van der Waals surface area (Å²) in [5, 5.41) is 18.2. The van der Waals surface area contributed by atoms with Crippen LogP contribution in [0.15, 0.2) is 79.1 Å². The zero-order valence-corrected chi connectivity index (χ0v) is 14.6. The minimum Gasteiger partial charge on any atom is -0.339 e. The lowest BCUT2D eigenvalue weighted by Gasteiger charge is -2.08. The van der Waals surface area contributed by atoms with Crippen LogP contribution in [0.5, 0.6) is 0 Å². The van der Waals surface area contributed by atoms with E-state index in [9.17, 15) is 9.18 Å². The van der Waals surface area contributed by atoms with E-state index in [-0.39, 0.29) is 11.7 Å². The molecule has 0 aliphatic heterocycles. The summed E-state index contributed by atoms with van der Waals surface area (Å²) in [5.41, 5.74) is 1.80. The molecule has 138 valence electrons. The molecule has 0 atom stereocenters. The molecule has 2 N–H and O–H groups in total. The van der Waals surface area contributed by atoms with E-state index >= 15 is 0 Å². The number of amides is 1. The Morgan fingerprint density at radius 3 is 2.29 bits per heavy atom. The lowest BCUT2D eigenvalue weighted by Crippen LogP contribution is -2.11. The number of hydrogen-bond acceptors (Lipinski definition) is 5. The van der Waals surface area contributed by atoms with Crippen LogP contribution in [-0.4, -0.2) is 25.9 Å². The van der Waals surface area contributed by atoms with E-state index < -0.39 is 0 Å². The van der Waals surface area contributed by atoms with Crippen molar-refractivity contribution in [3.05, 3.63) is 90.5 Å². The molecule has 28 heavy (non-hydrogen) atoms. The highest BCUT2D eigenvalue weighted by Gasteiger charge is 2.06. The van der Waals surface area contributed by atoms with E-state index in [1.165, 1.54) is 24.3 Å². The van der Waals surface area contributed by atoms with Crippen molar-refractivity contribution in [2.24, 2.45) is 0 Å². The fourth-order valence-corrected chi connectivity index (χ4v) is 2.51. The quantitative estimate of drug-likeness (QED) is 0.555. The van der Waals surface area contributed by atoms with Crippen LogP contribution in [-0.2, 0) is 0 Å². The summed E-state index contributed by atoms with van der Waals surface area (Å²) >= 11 is 0. The van der Waals surface area contributed by atoms with E-state index in [0.29, 0.717) is 22.9 Å². The zero-order valence-electron chi connectivity index (χ0n) is 14.6. The topological polar surface area (TPSA) is 84.7 Å². The minimum absolute atomic E-state index is 0.305. The Labute approximate surface area is 159 Å². The first-order valence-corrected chi connectivity index (χ1v) is 8.45. The number of benzene rings is 2. The number of aromatic nitrogens is 4. The lowest BCUT2D eigenvalue weighted by atomic mass is 10.2. The molecule has 0 spiro atoms. The predicted molar refractivity (Wildman–Crippen MR) is 103 cm³/mol. The maximum absolute atomic E-state index is 12.9. The van der Waals surface area contributed by atoms with Gasteiger partial charge in [-0.2, -0.15) is 5.10 Å². The number of nitrogens with one attached hydrogen (secondary N) is 2. The summed E-state index contributed by atoms with van der Waals surface area (Å²) in [6, 6.07) is 17.9. The number of hydrogen-bond donors (Lipinski definition) is 2. The molecule has 0 saturated heterocycles. The first-order valence-electron chi connectivity index (χ1n) is 8.45. The molecule has 0 saturated carbocycles. The number of carbonyl (C=O) groups is 1. The summed E-state index contributed by atoms with van der Waals surface area (Å²) in [7, 11) is 0. The van der Waals surface area contributed by atoms with Crippen LogP contribution in [0.25, 0.3) is 5.82 Å². The first kappa shape index (κ1) is 17.3. The Kier molecular flexibility index (Phi) is 4.75. The Morgan fingerprint density at radius 2 is 1.64 bits per heavy atom. The smallest absolute Gasteiger partial charge is 0.255 e. The van der Waals surface area contributed by atoms with E-state index in [2.05, 4.69) is 25.9 Å². The molecule has 0 radical (unpaired) electrons. The Hall–Kier alpha value is -4.07. The molecule has 2 aromatic carbocycles. The standard InChI is InChI=1S/C20H15FN6O/c21-15-4-2-14(3-5-15)20(28)24-17-8-6-16(7-9-17)23-18-10-11-19(26-25-18)27-13-1-12-22-27/h1-13H,(H,23,25)(H,24,28). The molecule has 8 heteroatoms. The average Bonchev–Trinajstić information content (AvgIpc) is 3.25. The predicted octanol–water partition coefficient (Wildman–Crippen LogP) is 3.80. The fraction of sp³-hybridized carbons (Fsp3) is 0. The van der Waals surface area contributed by atoms with Crippen molar-refractivity contribution < 1.29 is 9.18 Å². The molecule has 7 nitrogen and oxygen atoms in total. The van der Waals surface area contributed by atoms with Gasteiger partial charge >= 0.3 is 0 Å². The van der Waals surface area contributed by atoms with Crippen LogP contribution in [0.1, 0.15) is 10.4 Å². The summed E-state index contributed by atoms with van der Waals surface area (Å²) in [4.78, 5) is 12.2. The van der Waals surface area contributed by atoms with E-state index in [1.807, 2.05) is 18.2 Å². The SMILES string of the molecule is O=C(Nc1ccc(Nc2ccc(-n3cccn3)nn2)cc1)c1ccc(F)cc1. The Bertz CT molecular complexity index is 1060. The summed E-state index contributed by atoms with van der Waals surface area (Å²) < 4.78 is 14.6. The normalized spacial score (nSPS) is 10.5.